The molecule has 0 N–H and O–H groups in total. The first kappa shape index (κ1) is 16.5. The van der Waals surface area contributed by atoms with E-state index in [1.807, 2.05) is 24.1 Å². The number of fused-ring (bicyclic) bond motifs is 2. The number of benzene rings is 1. The maximum absolute atomic E-state index is 12.6. The number of hydrogen-bond donors (Lipinski definition) is 0. The van der Waals surface area contributed by atoms with Crippen LogP contribution in [0, 0.1) is 6.92 Å². The highest BCUT2D eigenvalue weighted by Gasteiger charge is 2.39. The standard InChI is InChI=1S/C22H20N2O2/c1-14-6-8-15(9-7-14)10-11-23-22-19(26)13-17-12-16-4-3-5-18(25)20(16)21(17)24(22)2/h3-9,11-12,22H,10,13H2,1-2H3. The van der Waals surface area contributed by atoms with E-state index in [4.69, 9.17) is 0 Å². The first-order chi connectivity index (χ1) is 12.5. The van der Waals surface area contributed by atoms with Crippen LogP contribution >= 0.6 is 0 Å². The highest BCUT2D eigenvalue weighted by atomic mass is 16.1. The summed E-state index contributed by atoms with van der Waals surface area (Å²) in [5, 5.41) is 0. The number of likely N-dealkylation sites (tertiary alicyclic amines) is 1. The summed E-state index contributed by atoms with van der Waals surface area (Å²) in [6, 6.07) is 8.28. The molecular formula is C22H20N2O2. The number of allylic oxidation sites excluding steroid dienone is 7. The van der Waals surface area contributed by atoms with Crippen molar-refractivity contribution in [1.29, 1.82) is 0 Å². The van der Waals surface area contributed by atoms with Crippen molar-refractivity contribution in [3.63, 3.8) is 0 Å². The van der Waals surface area contributed by atoms with Crippen molar-refractivity contribution in [3.8, 4) is 0 Å². The Morgan fingerprint density at radius 1 is 1.23 bits per heavy atom. The third kappa shape index (κ3) is 2.77. The van der Waals surface area contributed by atoms with E-state index >= 15 is 0 Å². The molecule has 1 aromatic carbocycles. The van der Waals surface area contributed by atoms with Gasteiger partial charge in [0.2, 0.25) is 0 Å². The second kappa shape index (κ2) is 6.37. The monoisotopic (exact) mass is 344 g/mol. The molecule has 4 nitrogen and oxygen atoms in total. The van der Waals surface area contributed by atoms with Crippen LogP contribution in [0.1, 0.15) is 17.5 Å². The van der Waals surface area contributed by atoms with E-state index < -0.39 is 6.17 Å². The minimum Gasteiger partial charge on any atom is -0.346 e. The number of nitrogens with zero attached hydrogens (tertiary/aromatic N) is 2. The van der Waals surface area contributed by atoms with Crippen molar-refractivity contribution in [2.45, 2.75) is 25.9 Å². The van der Waals surface area contributed by atoms with E-state index in [0.29, 0.717) is 18.4 Å². The van der Waals surface area contributed by atoms with E-state index in [9.17, 15) is 9.59 Å². The molecule has 0 amide bonds. The summed E-state index contributed by atoms with van der Waals surface area (Å²) in [5.41, 5.74) is 5.73. The molecule has 0 spiro atoms. The molecule has 1 atom stereocenters. The van der Waals surface area contributed by atoms with Gasteiger partial charge >= 0.3 is 0 Å². The predicted octanol–water partition coefficient (Wildman–Crippen LogP) is 3.10. The first-order valence-electron chi connectivity index (χ1n) is 8.75. The average Bonchev–Trinajstić information content (AvgIpc) is 2.99. The number of aryl methyl sites for hydroxylation is 1. The van der Waals surface area contributed by atoms with Crippen LogP contribution in [0.3, 0.4) is 0 Å². The van der Waals surface area contributed by atoms with Gasteiger partial charge in [-0.05, 0) is 35.8 Å². The van der Waals surface area contributed by atoms with Crippen LogP contribution in [0.5, 0.6) is 0 Å². The van der Waals surface area contributed by atoms with Gasteiger partial charge in [0.25, 0.3) is 0 Å². The van der Waals surface area contributed by atoms with Gasteiger partial charge in [0, 0.05) is 26.1 Å². The molecule has 0 radical (unpaired) electrons. The molecule has 4 heteroatoms. The summed E-state index contributed by atoms with van der Waals surface area (Å²) in [6.45, 7) is 2.06. The fraction of sp³-hybridized carbons (Fsp3) is 0.227. The zero-order chi connectivity index (χ0) is 18.3. The van der Waals surface area contributed by atoms with Gasteiger partial charge in [-0.15, -0.1) is 0 Å². The van der Waals surface area contributed by atoms with Gasteiger partial charge in [-0.3, -0.25) is 14.6 Å². The summed E-state index contributed by atoms with van der Waals surface area (Å²) in [6.07, 6.45) is 9.43. The Kier molecular flexibility index (Phi) is 4.03. The van der Waals surface area contributed by atoms with Crippen molar-refractivity contribution in [2.75, 3.05) is 7.05 Å². The number of carbonyl (C=O) groups is 2. The van der Waals surface area contributed by atoms with Gasteiger partial charge in [-0.25, -0.2) is 0 Å². The summed E-state index contributed by atoms with van der Waals surface area (Å²) >= 11 is 0. The molecule has 1 fully saturated rings. The number of aliphatic imine (C=N–C) groups is 1. The lowest BCUT2D eigenvalue weighted by Gasteiger charge is -2.34. The summed E-state index contributed by atoms with van der Waals surface area (Å²) in [5.74, 6) is 0.0512. The molecule has 1 aliphatic heterocycles. The molecule has 4 rings (SSSR count). The van der Waals surface area contributed by atoms with Gasteiger partial charge in [-0.2, -0.15) is 0 Å². The molecule has 1 aromatic rings. The maximum atomic E-state index is 12.6. The SMILES string of the molecule is Cc1ccc(CC=NC2C(=O)CC3=CC4=CC=CC(=O)C4=C3N2C)cc1. The van der Waals surface area contributed by atoms with Gasteiger partial charge in [0.05, 0.1) is 11.3 Å². The van der Waals surface area contributed by atoms with Crippen molar-refractivity contribution in [3.05, 3.63) is 82.1 Å². The summed E-state index contributed by atoms with van der Waals surface area (Å²) in [4.78, 5) is 31.3. The van der Waals surface area contributed by atoms with Gasteiger partial charge in [-0.1, -0.05) is 42.0 Å². The van der Waals surface area contributed by atoms with E-state index in [1.54, 1.807) is 18.4 Å². The lowest BCUT2D eigenvalue weighted by Crippen LogP contribution is -2.42. The van der Waals surface area contributed by atoms with Crippen molar-refractivity contribution < 1.29 is 9.59 Å². The molecule has 1 unspecified atom stereocenters. The Bertz CT molecular complexity index is 943. The molecular weight excluding hydrogens is 324 g/mol. The predicted molar refractivity (Wildman–Crippen MR) is 102 cm³/mol. The Hall–Kier alpha value is -3.01. The fourth-order valence-corrected chi connectivity index (χ4v) is 3.66. The third-order valence-electron chi connectivity index (χ3n) is 5.00. The quantitative estimate of drug-likeness (QED) is 0.792. The van der Waals surface area contributed by atoms with E-state index in [1.165, 1.54) is 5.56 Å². The number of hydrogen-bond acceptors (Lipinski definition) is 4. The lowest BCUT2D eigenvalue weighted by molar-refractivity contribution is -0.123. The lowest BCUT2D eigenvalue weighted by atomic mass is 9.95. The fourth-order valence-electron chi connectivity index (χ4n) is 3.66. The van der Waals surface area contributed by atoms with Crippen LogP contribution < -0.4 is 0 Å². The number of piperidine rings is 1. The van der Waals surface area contributed by atoms with Crippen molar-refractivity contribution in [1.82, 2.24) is 4.90 Å². The van der Waals surface area contributed by atoms with E-state index in [-0.39, 0.29) is 11.6 Å². The molecule has 3 aliphatic rings. The molecule has 0 bridgehead atoms. The van der Waals surface area contributed by atoms with Crippen molar-refractivity contribution >= 4 is 17.8 Å². The van der Waals surface area contributed by atoms with Gasteiger partial charge < -0.3 is 4.90 Å². The molecule has 26 heavy (non-hydrogen) atoms. The van der Waals surface area contributed by atoms with Crippen LogP contribution in [0.2, 0.25) is 0 Å². The summed E-state index contributed by atoms with van der Waals surface area (Å²) in [7, 11) is 1.84. The topological polar surface area (TPSA) is 49.7 Å². The summed E-state index contributed by atoms with van der Waals surface area (Å²) < 4.78 is 0. The number of Topliss-reactive ketones (excluding diaryl/α,β-unsaturated/α-hetero) is 1. The Balaban J connectivity index is 1.58. The van der Waals surface area contributed by atoms with Crippen LogP contribution in [0.25, 0.3) is 0 Å². The van der Waals surface area contributed by atoms with E-state index in [0.717, 1.165) is 22.4 Å². The maximum Gasteiger partial charge on any atom is 0.188 e. The normalized spacial score (nSPS) is 21.9. The minimum atomic E-state index is -0.571. The second-order valence-electron chi connectivity index (χ2n) is 6.89. The smallest absolute Gasteiger partial charge is 0.188 e. The largest absolute Gasteiger partial charge is 0.346 e. The third-order valence-corrected chi connectivity index (χ3v) is 5.00. The number of rotatable bonds is 3. The Morgan fingerprint density at radius 2 is 2.00 bits per heavy atom. The second-order valence-corrected chi connectivity index (χ2v) is 6.89. The molecule has 130 valence electrons. The van der Waals surface area contributed by atoms with E-state index in [2.05, 4.69) is 36.2 Å². The number of ketones is 2. The highest BCUT2D eigenvalue weighted by molar-refractivity contribution is 6.12. The molecule has 1 saturated heterocycles. The zero-order valence-electron chi connectivity index (χ0n) is 14.9. The molecule has 0 saturated carbocycles. The van der Waals surface area contributed by atoms with Crippen molar-refractivity contribution in [2.24, 2.45) is 4.99 Å². The van der Waals surface area contributed by atoms with Gasteiger partial charge in [0.15, 0.2) is 17.7 Å². The molecule has 2 aliphatic carbocycles. The van der Waals surface area contributed by atoms with Crippen LogP contribution in [0.4, 0.5) is 0 Å². The molecule has 0 aromatic heterocycles. The van der Waals surface area contributed by atoms with Crippen LogP contribution in [0.15, 0.2) is 76.0 Å². The minimum absolute atomic E-state index is 0.00710. The highest BCUT2D eigenvalue weighted by Crippen LogP contribution is 2.40. The average molecular weight is 344 g/mol. The van der Waals surface area contributed by atoms with Gasteiger partial charge in [0.1, 0.15) is 0 Å². The molecule has 1 heterocycles. The number of carbonyl (C=O) groups excluding carboxylic acids is 2. The Morgan fingerprint density at radius 3 is 2.77 bits per heavy atom. The number of likely N-dealkylation sites (N-methyl/N-ethyl adjacent to an activating group) is 1. The zero-order valence-corrected chi connectivity index (χ0v) is 14.9. The van der Waals surface area contributed by atoms with Crippen LogP contribution in [-0.4, -0.2) is 35.9 Å². The first-order valence-corrected chi connectivity index (χ1v) is 8.75. The van der Waals surface area contributed by atoms with Crippen LogP contribution in [-0.2, 0) is 16.0 Å². The Labute approximate surface area is 152 Å².